The average molecular weight is 543 g/mol. The Morgan fingerprint density at radius 2 is 2.03 bits per heavy atom. The van der Waals surface area contributed by atoms with Gasteiger partial charge in [0.15, 0.2) is 10.9 Å². The lowest BCUT2D eigenvalue weighted by molar-refractivity contribution is -0.00116. The second kappa shape index (κ2) is 11.4. The summed E-state index contributed by atoms with van der Waals surface area (Å²) >= 11 is 11.9. The SMILES string of the molecule is NC(=O)c1[nH]cnc1N(Cc1ccc(Cl)cc1C1COCCN1C(=O)O)C(=S)NC(=O)c1ccccc1. The normalized spacial score (nSPS) is 15.2. The van der Waals surface area contributed by atoms with Crippen molar-refractivity contribution in [2.45, 2.75) is 12.6 Å². The van der Waals surface area contributed by atoms with E-state index >= 15 is 0 Å². The third-order valence-electron chi connectivity index (χ3n) is 5.79. The number of aromatic amines is 1. The average Bonchev–Trinajstić information content (AvgIpc) is 3.38. The van der Waals surface area contributed by atoms with Crippen LogP contribution in [0.2, 0.25) is 5.02 Å². The van der Waals surface area contributed by atoms with Crippen molar-refractivity contribution in [3.8, 4) is 0 Å². The first-order valence-electron chi connectivity index (χ1n) is 11.1. The van der Waals surface area contributed by atoms with Gasteiger partial charge >= 0.3 is 6.09 Å². The molecule has 0 saturated carbocycles. The number of amides is 3. The Balaban J connectivity index is 1.72. The number of hydrogen-bond donors (Lipinski definition) is 4. The van der Waals surface area contributed by atoms with Crippen molar-refractivity contribution in [3.63, 3.8) is 0 Å². The summed E-state index contributed by atoms with van der Waals surface area (Å²) in [6.07, 6.45) is 0.193. The number of nitrogens with one attached hydrogen (secondary N) is 2. The fourth-order valence-electron chi connectivity index (χ4n) is 4.02. The maximum absolute atomic E-state index is 12.8. The summed E-state index contributed by atoms with van der Waals surface area (Å²) in [7, 11) is 0. The number of morpholine rings is 1. The van der Waals surface area contributed by atoms with Gasteiger partial charge in [0.1, 0.15) is 5.69 Å². The highest BCUT2D eigenvalue weighted by atomic mass is 35.5. The summed E-state index contributed by atoms with van der Waals surface area (Å²) in [4.78, 5) is 46.4. The number of hydrogen-bond acceptors (Lipinski definition) is 6. The van der Waals surface area contributed by atoms with Crippen LogP contribution in [0, 0.1) is 0 Å². The largest absolute Gasteiger partial charge is 0.465 e. The number of carbonyl (C=O) groups excluding carboxylic acids is 2. The monoisotopic (exact) mass is 542 g/mol. The number of carboxylic acid groups (broad SMARTS) is 1. The Morgan fingerprint density at radius 3 is 2.73 bits per heavy atom. The lowest BCUT2D eigenvalue weighted by atomic mass is 9.98. The number of primary amides is 1. The predicted molar refractivity (Wildman–Crippen MR) is 140 cm³/mol. The Hall–Kier alpha value is -4.00. The third-order valence-corrected chi connectivity index (χ3v) is 6.35. The lowest BCUT2D eigenvalue weighted by Crippen LogP contribution is -2.45. The van der Waals surface area contributed by atoms with Crippen molar-refractivity contribution < 1.29 is 24.2 Å². The Labute approximate surface area is 222 Å². The van der Waals surface area contributed by atoms with Crippen LogP contribution in [0.3, 0.4) is 0 Å². The molecule has 1 saturated heterocycles. The number of aromatic nitrogens is 2. The van der Waals surface area contributed by atoms with Crippen LogP contribution in [0.25, 0.3) is 0 Å². The number of rotatable bonds is 6. The molecule has 1 aliphatic rings. The summed E-state index contributed by atoms with van der Waals surface area (Å²) in [5.41, 5.74) is 7.11. The van der Waals surface area contributed by atoms with Gasteiger partial charge in [-0.25, -0.2) is 9.78 Å². The van der Waals surface area contributed by atoms with Crippen LogP contribution in [0.1, 0.15) is 38.0 Å². The summed E-state index contributed by atoms with van der Waals surface area (Å²) < 4.78 is 5.57. The van der Waals surface area contributed by atoms with Crippen molar-refractivity contribution >= 4 is 52.7 Å². The minimum atomic E-state index is -1.09. The fourth-order valence-corrected chi connectivity index (χ4v) is 4.45. The molecule has 1 atom stereocenters. The van der Waals surface area contributed by atoms with Crippen LogP contribution in [0.15, 0.2) is 54.9 Å². The van der Waals surface area contributed by atoms with Crippen LogP contribution in [0.4, 0.5) is 10.6 Å². The van der Waals surface area contributed by atoms with Crippen molar-refractivity contribution in [1.82, 2.24) is 20.2 Å². The first-order chi connectivity index (χ1) is 17.8. The molecule has 0 spiro atoms. The molecule has 2 heterocycles. The molecule has 3 amide bonds. The van der Waals surface area contributed by atoms with Gasteiger partial charge in [0.05, 0.1) is 32.1 Å². The highest BCUT2D eigenvalue weighted by molar-refractivity contribution is 7.80. The fraction of sp³-hybridized carbons (Fsp3) is 0.208. The molecule has 1 unspecified atom stereocenters. The highest BCUT2D eigenvalue weighted by Crippen LogP contribution is 2.31. The Morgan fingerprint density at radius 1 is 1.27 bits per heavy atom. The zero-order chi connectivity index (χ0) is 26.5. The molecule has 1 fully saturated rings. The maximum Gasteiger partial charge on any atom is 0.407 e. The van der Waals surface area contributed by atoms with Gasteiger partial charge in [-0.15, -0.1) is 0 Å². The van der Waals surface area contributed by atoms with E-state index in [4.69, 9.17) is 34.3 Å². The van der Waals surface area contributed by atoms with E-state index in [1.807, 2.05) is 0 Å². The Bertz CT molecular complexity index is 1330. The van der Waals surface area contributed by atoms with Crippen molar-refractivity contribution in [3.05, 3.63) is 82.3 Å². The van der Waals surface area contributed by atoms with Crippen LogP contribution in [-0.4, -0.2) is 62.8 Å². The van der Waals surface area contributed by atoms with Crippen molar-refractivity contribution in [2.75, 3.05) is 24.7 Å². The smallest absolute Gasteiger partial charge is 0.407 e. The second-order valence-electron chi connectivity index (χ2n) is 8.09. The molecule has 4 rings (SSSR count). The number of imidazole rings is 1. The Kier molecular flexibility index (Phi) is 8.01. The number of carbonyl (C=O) groups is 3. The minimum absolute atomic E-state index is 0.00942. The van der Waals surface area contributed by atoms with Crippen LogP contribution < -0.4 is 16.0 Å². The molecule has 1 aliphatic heterocycles. The number of benzene rings is 2. The third kappa shape index (κ3) is 5.88. The lowest BCUT2D eigenvalue weighted by Gasteiger charge is -2.35. The zero-order valence-corrected chi connectivity index (χ0v) is 21.0. The molecule has 11 nitrogen and oxygen atoms in total. The van der Waals surface area contributed by atoms with Crippen LogP contribution in [-0.2, 0) is 11.3 Å². The zero-order valence-electron chi connectivity index (χ0n) is 19.4. The molecule has 0 radical (unpaired) electrons. The first kappa shape index (κ1) is 26.1. The van der Waals surface area contributed by atoms with Gasteiger partial charge in [-0.05, 0) is 47.6 Å². The number of thiocarbonyl (C=S) groups is 1. The van der Waals surface area contributed by atoms with Crippen LogP contribution in [0.5, 0.6) is 0 Å². The summed E-state index contributed by atoms with van der Waals surface area (Å²) in [6, 6.07) is 12.9. The maximum atomic E-state index is 12.8. The molecule has 3 aromatic rings. The van der Waals surface area contributed by atoms with Crippen molar-refractivity contribution in [1.29, 1.82) is 0 Å². The number of H-pyrrole nitrogens is 1. The molecule has 0 aliphatic carbocycles. The topological polar surface area (TPSA) is 154 Å². The number of ether oxygens (including phenoxy) is 1. The second-order valence-corrected chi connectivity index (χ2v) is 8.91. The molecule has 5 N–H and O–H groups in total. The van der Waals surface area contributed by atoms with Gasteiger partial charge in [0.25, 0.3) is 11.8 Å². The number of anilines is 1. The molecule has 2 aromatic carbocycles. The molecular weight excluding hydrogens is 520 g/mol. The molecule has 37 heavy (non-hydrogen) atoms. The minimum Gasteiger partial charge on any atom is -0.465 e. The molecule has 192 valence electrons. The van der Waals surface area contributed by atoms with E-state index in [9.17, 15) is 19.5 Å². The van der Waals surface area contributed by atoms with E-state index in [0.717, 1.165) is 0 Å². The predicted octanol–water partition coefficient (Wildman–Crippen LogP) is 2.93. The molecule has 13 heteroatoms. The standard InChI is InChI=1S/C24H23ClN6O5S/c25-16-7-6-15(17(10-16)18-12-36-9-8-30(18)24(34)35)11-31(21-19(20(26)32)27-13-28-21)23(37)29-22(33)14-4-2-1-3-5-14/h1-7,10,13,18H,8-9,11-12H2,(H2,26,32)(H,27,28)(H,34,35)(H,29,33,37). The van der Waals surface area contributed by atoms with E-state index in [1.54, 1.807) is 48.5 Å². The highest BCUT2D eigenvalue weighted by Gasteiger charge is 2.32. The first-order valence-corrected chi connectivity index (χ1v) is 11.9. The van der Waals surface area contributed by atoms with E-state index in [2.05, 4.69) is 15.3 Å². The molecular formula is C24H23ClN6O5S. The number of nitrogens with two attached hydrogens (primary N) is 1. The molecule has 0 bridgehead atoms. The van der Waals surface area contributed by atoms with E-state index in [1.165, 1.54) is 16.1 Å². The van der Waals surface area contributed by atoms with Crippen molar-refractivity contribution in [2.24, 2.45) is 5.73 Å². The van der Waals surface area contributed by atoms with Crippen LogP contribution >= 0.6 is 23.8 Å². The van der Waals surface area contributed by atoms with Gasteiger partial charge in [0, 0.05) is 17.1 Å². The van der Waals surface area contributed by atoms with E-state index in [0.29, 0.717) is 21.7 Å². The van der Waals surface area contributed by atoms with Gasteiger partial charge in [-0.2, -0.15) is 0 Å². The van der Waals surface area contributed by atoms with E-state index in [-0.39, 0.29) is 42.9 Å². The van der Waals surface area contributed by atoms with E-state index < -0.39 is 23.9 Å². The summed E-state index contributed by atoms with van der Waals surface area (Å²) in [5, 5.41) is 12.8. The summed E-state index contributed by atoms with van der Waals surface area (Å²) in [5.74, 6) is -1.13. The van der Waals surface area contributed by atoms with Gasteiger partial charge in [0.2, 0.25) is 0 Å². The van der Waals surface area contributed by atoms with Gasteiger partial charge in [-0.1, -0.05) is 35.9 Å². The number of halogens is 1. The quantitative estimate of drug-likeness (QED) is 0.347. The molecule has 1 aromatic heterocycles. The number of nitrogens with zero attached hydrogens (tertiary/aromatic N) is 3. The van der Waals surface area contributed by atoms with Gasteiger partial charge < -0.3 is 20.6 Å². The van der Waals surface area contributed by atoms with Gasteiger partial charge in [-0.3, -0.25) is 24.7 Å². The summed E-state index contributed by atoms with van der Waals surface area (Å²) in [6.45, 7) is 0.599.